The normalized spacial score (nSPS) is 11.4. The van der Waals surface area contributed by atoms with E-state index in [-0.39, 0.29) is 7.34 Å². The van der Waals surface area contributed by atoms with Crippen molar-refractivity contribution in [2.75, 3.05) is 6.54 Å². The number of carbonyl (C=O) groups is 1. The third-order valence-corrected chi connectivity index (χ3v) is 3.05. The van der Waals surface area contributed by atoms with Crippen LogP contribution in [0.5, 0.6) is 0 Å². The molecule has 0 aliphatic rings. The maximum absolute atomic E-state index is 11.4. The lowest BCUT2D eigenvalue weighted by Gasteiger charge is -2.07. The van der Waals surface area contributed by atoms with Crippen LogP contribution in [0.15, 0.2) is 0 Å². The van der Waals surface area contributed by atoms with Gasteiger partial charge in [0.2, 0.25) is 0 Å². The number of rotatable bonds is 11. The van der Waals surface area contributed by atoms with Crippen molar-refractivity contribution < 1.29 is 6.22 Å². The van der Waals surface area contributed by atoms with E-state index in [1.54, 1.807) is 0 Å². The number of nitrogens with one attached hydrogen (secondary N) is 1. The van der Waals surface area contributed by atoms with Crippen LogP contribution in [0.25, 0.3) is 0 Å². The smallest absolute Gasteiger partial charge is 0.135 e. The number of hydrogen-bond donors (Lipinski definition) is 1. The van der Waals surface area contributed by atoms with Gasteiger partial charge >= 0.3 is 0 Å². The molecular weight excluding hydrogens is 210 g/mol. The fourth-order valence-corrected chi connectivity index (χ4v) is 1.81. The molecule has 0 unspecified atom stereocenters. The van der Waals surface area contributed by atoms with E-state index < -0.39 is 0 Å². The Morgan fingerprint density at radius 3 is 2.00 bits per heavy atom. The van der Waals surface area contributed by atoms with Gasteiger partial charge in [-0.2, -0.15) is 0 Å². The van der Waals surface area contributed by atoms with Crippen molar-refractivity contribution in [3.63, 3.8) is 0 Å². The molecule has 0 heterocycles. The molecule has 0 bridgehead atoms. The Balaban J connectivity index is 0. The minimum absolute atomic E-state index is 0. The average molecular weight is 243 g/mol. The van der Waals surface area contributed by atoms with Crippen LogP contribution in [-0.4, -0.2) is 18.4 Å². The van der Waals surface area contributed by atoms with Gasteiger partial charge < -0.3 is 5.32 Å². The highest BCUT2D eigenvalue weighted by Crippen LogP contribution is 2.09. The molecule has 1 N–H and O–H groups in total. The Labute approximate surface area is 109 Å². The summed E-state index contributed by atoms with van der Waals surface area (Å²) in [6.07, 6.45) is 8.29. The first-order chi connectivity index (χ1) is 8.04. The molecule has 0 atom stereocenters. The lowest BCUT2D eigenvalue weighted by atomic mass is 10.0. The largest absolute Gasteiger partial charge is 0.315 e. The van der Waals surface area contributed by atoms with E-state index >= 15 is 0 Å². The molecule has 2 heteroatoms. The first-order valence-corrected chi connectivity index (χ1v) is 7.30. The predicted octanol–water partition coefficient (Wildman–Crippen LogP) is 4.19. The van der Waals surface area contributed by atoms with Gasteiger partial charge in [-0.15, -0.1) is 0 Å². The zero-order valence-corrected chi connectivity index (χ0v) is 12.2. The number of unbranched alkanes of at least 4 members (excludes halogenated alkanes) is 5. The molecule has 0 aromatic heterocycles. The average Bonchev–Trinajstić information content (AvgIpc) is 2.25. The Kier molecular flexibility index (Phi) is 10.5. The molecule has 0 radical (unpaired) electrons. The summed E-state index contributed by atoms with van der Waals surface area (Å²) in [6.45, 7) is 9.50. The van der Waals surface area contributed by atoms with Crippen LogP contribution in [0.4, 0.5) is 0 Å². The summed E-state index contributed by atoms with van der Waals surface area (Å²) in [5, 5.41) is 3.43. The van der Waals surface area contributed by atoms with Gasteiger partial charge in [0.05, 0.1) is 0 Å². The van der Waals surface area contributed by atoms with Gasteiger partial charge in [0.25, 0.3) is 0 Å². The second kappa shape index (κ2) is 10.8. The molecule has 0 spiro atoms. The van der Waals surface area contributed by atoms with Crippen LogP contribution in [0, 0.1) is 5.92 Å². The summed E-state index contributed by atoms with van der Waals surface area (Å²) in [6, 6.07) is 0.608. The fraction of sp³-hybridized carbons (Fsp3) is 0.933. The van der Waals surface area contributed by atoms with Crippen LogP contribution in [0.1, 0.15) is 74.1 Å². The molecule has 2 nitrogen and oxygen atoms in total. The van der Waals surface area contributed by atoms with Crippen LogP contribution >= 0.6 is 0 Å². The van der Waals surface area contributed by atoms with E-state index in [1.165, 1.54) is 32.1 Å². The van der Waals surface area contributed by atoms with E-state index in [1.807, 2.05) is 13.8 Å². The minimum atomic E-state index is 0. The predicted molar refractivity (Wildman–Crippen MR) is 77.4 cm³/mol. The second-order valence-electron chi connectivity index (χ2n) is 5.60. The first-order valence-electron chi connectivity index (χ1n) is 7.30. The summed E-state index contributed by atoms with van der Waals surface area (Å²) < 4.78 is 0. The molecule has 0 saturated heterocycles. The van der Waals surface area contributed by atoms with Gasteiger partial charge in [-0.25, -0.2) is 0 Å². The quantitative estimate of drug-likeness (QED) is 0.551. The Hall–Kier alpha value is -0.370. The maximum atomic E-state index is 11.4. The van der Waals surface area contributed by atoms with Crippen LogP contribution < -0.4 is 5.32 Å². The highest BCUT2D eigenvalue weighted by molar-refractivity contribution is 5.80. The molecule has 0 amide bonds. The molecular formula is C15H33NO. The van der Waals surface area contributed by atoms with Crippen molar-refractivity contribution in [1.29, 1.82) is 0 Å². The summed E-state index contributed by atoms with van der Waals surface area (Å²) in [7, 11) is 0. The summed E-state index contributed by atoms with van der Waals surface area (Å²) in [5.74, 6) is 0.642. The fourth-order valence-electron chi connectivity index (χ4n) is 1.81. The van der Waals surface area contributed by atoms with Crippen molar-refractivity contribution in [1.82, 2.24) is 5.32 Å². The highest BCUT2D eigenvalue weighted by Gasteiger charge is 2.05. The topological polar surface area (TPSA) is 29.1 Å². The van der Waals surface area contributed by atoms with Crippen LogP contribution in [0.3, 0.4) is 0 Å². The van der Waals surface area contributed by atoms with Crippen molar-refractivity contribution in [2.45, 2.75) is 78.7 Å². The molecule has 17 heavy (non-hydrogen) atoms. The van der Waals surface area contributed by atoms with Crippen molar-refractivity contribution in [3.05, 3.63) is 0 Å². The lowest BCUT2D eigenvalue weighted by Crippen LogP contribution is -2.23. The van der Waals surface area contributed by atoms with Crippen molar-refractivity contribution in [2.24, 2.45) is 5.92 Å². The first kappa shape index (κ1) is 16.6. The van der Waals surface area contributed by atoms with Gasteiger partial charge in [-0.05, 0) is 19.4 Å². The van der Waals surface area contributed by atoms with Crippen molar-refractivity contribution in [3.8, 4) is 0 Å². The molecule has 0 saturated carbocycles. The van der Waals surface area contributed by atoms with Gasteiger partial charge in [-0.3, -0.25) is 4.79 Å². The van der Waals surface area contributed by atoms with Gasteiger partial charge in [-0.1, -0.05) is 53.4 Å². The maximum Gasteiger partial charge on any atom is 0.135 e. The summed E-state index contributed by atoms with van der Waals surface area (Å²) in [5.41, 5.74) is 0. The van der Waals surface area contributed by atoms with Crippen LogP contribution in [-0.2, 0) is 4.79 Å². The highest BCUT2D eigenvalue weighted by atomic mass is 16.1. The van der Waals surface area contributed by atoms with Gasteiger partial charge in [0, 0.05) is 19.8 Å². The standard InChI is InChI=1S/C15H31NO.H2/c1-13(2)15(17)11-9-7-5-6-8-10-12-16-14(3)4;/h13-14,16H,5-12H2,1-4H3;1H. The Bertz CT molecular complexity index is 193. The number of Topliss-reactive ketones (excluding diaryl/α,β-unsaturated/α-hetero) is 1. The zero-order valence-electron chi connectivity index (χ0n) is 12.2. The zero-order chi connectivity index (χ0) is 13.1. The van der Waals surface area contributed by atoms with E-state index in [0.717, 1.165) is 19.4 Å². The lowest BCUT2D eigenvalue weighted by molar-refractivity contribution is -0.122. The Morgan fingerprint density at radius 2 is 1.47 bits per heavy atom. The van der Waals surface area contributed by atoms with E-state index in [4.69, 9.17) is 0 Å². The molecule has 0 aliphatic carbocycles. The summed E-state index contributed by atoms with van der Waals surface area (Å²) in [4.78, 5) is 11.4. The molecule has 104 valence electrons. The number of carbonyl (C=O) groups excluding carboxylic acids is 1. The second-order valence-corrected chi connectivity index (χ2v) is 5.60. The molecule has 0 fully saturated rings. The van der Waals surface area contributed by atoms with Crippen molar-refractivity contribution >= 4 is 5.78 Å². The van der Waals surface area contributed by atoms with E-state index in [2.05, 4.69) is 19.2 Å². The van der Waals surface area contributed by atoms with E-state index in [0.29, 0.717) is 11.8 Å². The monoisotopic (exact) mass is 243 g/mol. The third-order valence-electron chi connectivity index (χ3n) is 3.05. The molecule has 0 aliphatic heterocycles. The summed E-state index contributed by atoms with van der Waals surface area (Å²) >= 11 is 0. The SMILES string of the molecule is CC(C)NCCCCCCCCC(=O)C(C)C.[HH]. The number of ketones is 1. The number of hydrogen-bond acceptors (Lipinski definition) is 2. The molecule has 0 rings (SSSR count). The van der Waals surface area contributed by atoms with Gasteiger partial charge in [0.1, 0.15) is 5.78 Å². The molecule has 0 aromatic rings. The van der Waals surface area contributed by atoms with Crippen LogP contribution in [0.2, 0.25) is 0 Å². The molecule has 0 aromatic carbocycles. The van der Waals surface area contributed by atoms with Gasteiger partial charge in [0.15, 0.2) is 0 Å². The minimum Gasteiger partial charge on any atom is -0.315 e. The van der Waals surface area contributed by atoms with E-state index in [9.17, 15) is 4.79 Å². The Morgan fingerprint density at radius 1 is 0.941 bits per heavy atom. The third kappa shape index (κ3) is 11.9.